The summed E-state index contributed by atoms with van der Waals surface area (Å²) >= 11 is 6.26. The molecular formula is C93H96N14O18S4. The fourth-order valence-electron chi connectivity index (χ4n) is 17.2. The Kier molecular flexibility index (Phi) is 28.5. The highest BCUT2D eigenvalue weighted by Crippen LogP contribution is 2.39. The van der Waals surface area contributed by atoms with Gasteiger partial charge in [0.1, 0.15) is 22.5 Å². The monoisotopic (exact) mass is 1820 g/mol. The van der Waals surface area contributed by atoms with E-state index in [1.807, 2.05) is 187 Å². The third-order valence-electron chi connectivity index (χ3n) is 23.3. The van der Waals surface area contributed by atoms with Crippen LogP contribution in [0.1, 0.15) is 103 Å². The van der Waals surface area contributed by atoms with Gasteiger partial charge in [0.15, 0.2) is 11.5 Å². The van der Waals surface area contributed by atoms with Gasteiger partial charge in [-0.3, -0.25) is 63.2 Å². The van der Waals surface area contributed by atoms with E-state index in [2.05, 4.69) is 4.90 Å². The smallest absolute Gasteiger partial charge is 0.357 e. The minimum Gasteiger partial charge on any atom is -0.462 e. The van der Waals surface area contributed by atoms with Crippen LogP contribution in [0.4, 0.5) is 34.1 Å². The maximum Gasteiger partial charge on any atom is 0.357 e. The Labute approximate surface area is 756 Å². The molecule has 13 aromatic rings. The number of ether oxygens (including phenoxy) is 2. The third-order valence-corrected chi connectivity index (χ3v) is 27.0. The second-order valence-electron chi connectivity index (χ2n) is 31.7. The number of hydrogen-bond acceptors (Lipinski definition) is 26. The fourth-order valence-corrected chi connectivity index (χ4v) is 20.5. The quantitative estimate of drug-likeness (QED) is 0.0388. The van der Waals surface area contributed by atoms with Crippen molar-refractivity contribution in [1.82, 2.24) is 37.9 Å². The van der Waals surface area contributed by atoms with Crippen molar-refractivity contribution in [3.8, 4) is 0 Å². The van der Waals surface area contributed by atoms with Gasteiger partial charge < -0.3 is 71.2 Å². The number of aryl methyl sites for hydroxylation is 1. The standard InChI is InChI=1S/C26H25N3O4S2.C23H20N4O5S.C22H24N4O5.C22H27N3O4S/c1-2-33-26(32)22-23(27-10-12-28(13-11-27)24(30)21-8-5-14-35-21)19-6-3-4-7-20(19)29(25(22)31)16-18-9-15-34-17-18;28-22(19-6-3-12-32-19)25-10-8-24(9-11-25)20-17-4-1-2-5-18(17)26(14-16-7-13-33-15-16)23(29)21(20)27(30)31;1-15(2)14-25-17-7-4-3-6-16(17)19(20(22(25)28)26(29)30)23-9-11-24(12-10-23)21(27)18-8-5-13-31-18;1-3-29-22(28)18-19(15-7-4-5-8-16(15)23(2)21(18)27)24-10-12-25(13-11-24)20(26)17-9-6-14-30-17/h3-9,14-15,17H,2,10-13,16H2,1H3;1-7,12-13,15H,8-11,14H2;3-8,13,15H,9-12,14H2,1-2H3;4-5,7-8,17H,3,6,9-14H2,1-2H3. The molecule has 1 atom stereocenters. The third kappa shape index (κ3) is 19.3. The van der Waals surface area contributed by atoms with E-state index in [1.165, 1.54) is 48.9 Å². The molecule has 0 bridgehead atoms. The van der Waals surface area contributed by atoms with Gasteiger partial charge in [0.05, 0.1) is 92.2 Å². The zero-order chi connectivity index (χ0) is 90.7. The van der Waals surface area contributed by atoms with Crippen LogP contribution in [0.25, 0.3) is 43.6 Å². The summed E-state index contributed by atoms with van der Waals surface area (Å²) in [7, 11) is 1.67. The topological polar surface area (TPSA) is 347 Å². The first-order chi connectivity index (χ1) is 62.5. The lowest BCUT2D eigenvalue weighted by atomic mass is 10.1. The van der Waals surface area contributed by atoms with Crippen LogP contribution in [0.15, 0.2) is 213 Å². The lowest BCUT2D eigenvalue weighted by Crippen LogP contribution is -2.51. The maximum absolute atomic E-state index is 13.8. The van der Waals surface area contributed by atoms with Gasteiger partial charge in [-0.2, -0.15) is 22.7 Å². The maximum atomic E-state index is 13.8. The van der Waals surface area contributed by atoms with Crippen LogP contribution in [0, 0.1) is 26.1 Å². The van der Waals surface area contributed by atoms with Crippen molar-refractivity contribution in [2.45, 2.75) is 65.4 Å². The Bertz CT molecular complexity index is 6530. The summed E-state index contributed by atoms with van der Waals surface area (Å²) in [5, 5.41) is 36.8. The molecule has 0 spiro atoms. The minimum absolute atomic E-state index is 0.0151. The average molecular weight is 1830 g/mol. The number of rotatable bonds is 20. The number of anilines is 4. The first-order valence-corrected chi connectivity index (χ1v) is 46.5. The lowest BCUT2D eigenvalue weighted by molar-refractivity contribution is -0.385. The zero-order valence-corrected chi connectivity index (χ0v) is 75.0. The van der Waals surface area contributed by atoms with E-state index in [1.54, 1.807) is 82.6 Å². The lowest BCUT2D eigenvalue weighted by Gasteiger charge is -2.38. The number of pyridine rings is 4. The molecule has 5 fully saturated rings. The highest BCUT2D eigenvalue weighted by Gasteiger charge is 2.39. The van der Waals surface area contributed by atoms with E-state index < -0.39 is 44.3 Å². The number of hydrogen-bond donors (Lipinski definition) is 0. The molecule has 129 heavy (non-hydrogen) atoms. The average Bonchev–Trinajstić information content (AvgIpc) is 1.66. The number of para-hydroxylation sites is 4. The number of nitrogens with zero attached hydrogens (tertiary/aromatic N) is 14. The molecule has 14 heterocycles. The molecule has 670 valence electrons. The van der Waals surface area contributed by atoms with Crippen molar-refractivity contribution in [3.05, 3.63) is 285 Å². The molecule has 1 unspecified atom stereocenters. The van der Waals surface area contributed by atoms with Crippen LogP contribution < -0.4 is 41.8 Å². The zero-order valence-electron chi connectivity index (χ0n) is 71.8. The predicted octanol–water partition coefficient (Wildman–Crippen LogP) is 13.3. The Morgan fingerprint density at radius 3 is 1.24 bits per heavy atom. The normalized spacial score (nSPS) is 15.3. The number of aromatic nitrogens is 4. The van der Waals surface area contributed by atoms with Crippen LogP contribution in [0.2, 0.25) is 0 Å². The molecule has 0 N–H and O–H groups in total. The van der Waals surface area contributed by atoms with E-state index >= 15 is 0 Å². The SMILES string of the molecule is CC(C)Cn1c(=O)c([N+](=O)[O-])c(N2CCN(C(=O)c3ccco3)CC2)c2ccccc21.CCOC(=O)c1c(N2CCN(C(=O)C3CCCS3)CC2)c2ccccc2n(C)c1=O.CCOC(=O)c1c(N2CCN(C(=O)c3cccs3)CC2)c2ccccc2n(Cc2ccsc2)c1=O.O=C(c1ccco1)N1CCN(c2c([N+](=O)[O-])c(=O)n(Cc3ccsc3)c3ccccc23)CC1. The van der Waals surface area contributed by atoms with Crippen LogP contribution in [-0.4, -0.2) is 212 Å². The summed E-state index contributed by atoms with van der Waals surface area (Å²) in [6.07, 6.45) is 4.95. The Morgan fingerprint density at radius 2 is 0.845 bits per heavy atom. The predicted molar refractivity (Wildman–Crippen MR) is 501 cm³/mol. The summed E-state index contributed by atoms with van der Waals surface area (Å²) in [5.74, 6) is 0.326. The second kappa shape index (κ2) is 40.7. The minimum atomic E-state index is -0.631. The fraction of sp³-hybridized carbons (Fsp3) is 0.333. The number of benzene rings is 4. The number of amides is 4. The number of carbonyl (C=O) groups is 6. The van der Waals surface area contributed by atoms with Gasteiger partial charge in [-0.25, -0.2) is 9.59 Å². The number of nitro groups is 2. The molecule has 9 aromatic heterocycles. The van der Waals surface area contributed by atoms with Crippen LogP contribution in [0.3, 0.4) is 0 Å². The molecule has 18 rings (SSSR count). The van der Waals surface area contributed by atoms with Crippen molar-refractivity contribution < 1.29 is 56.9 Å². The molecule has 36 heteroatoms. The van der Waals surface area contributed by atoms with E-state index in [0.29, 0.717) is 167 Å². The molecule has 0 aliphatic carbocycles. The largest absolute Gasteiger partial charge is 0.462 e. The molecule has 0 saturated carbocycles. The van der Waals surface area contributed by atoms with E-state index in [-0.39, 0.29) is 88.3 Å². The van der Waals surface area contributed by atoms with Crippen LogP contribution >= 0.6 is 45.8 Å². The summed E-state index contributed by atoms with van der Waals surface area (Å²) in [5.41, 5.74) is 3.97. The number of fused-ring (bicyclic) bond motifs is 4. The summed E-state index contributed by atoms with van der Waals surface area (Å²) < 4.78 is 27.1. The van der Waals surface area contributed by atoms with Gasteiger partial charge in [0.25, 0.3) is 28.8 Å². The number of thiophene rings is 3. The number of thioether (sulfide) groups is 1. The molecule has 4 aromatic carbocycles. The number of esters is 2. The highest BCUT2D eigenvalue weighted by atomic mass is 32.2. The Balaban J connectivity index is 0.000000132. The molecule has 5 aliphatic heterocycles. The van der Waals surface area contributed by atoms with Crippen LogP contribution in [-0.2, 0) is 41.0 Å². The van der Waals surface area contributed by atoms with Gasteiger partial charge >= 0.3 is 34.4 Å². The van der Waals surface area contributed by atoms with Crippen LogP contribution in [0.5, 0.6) is 0 Å². The molecule has 5 saturated heterocycles. The Hall–Kier alpha value is -13.5. The van der Waals surface area contributed by atoms with E-state index in [4.69, 9.17) is 18.3 Å². The number of carbonyl (C=O) groups excluding carboxylic acids is 6. The Morgan fingerprint density at radius 1 is 0.450 bits per heavy atom. The first kappa shape index (κ1) is 90.3. The van der Waals surface area contributed by atoms with Crippen molar-refractivity contribution in [2.24, 2.45) is 13.0 Å². The molecular weight excluding hydrogens is 1730 g/mol. The summed E-state index contributed by atoms with van der Waals surface area (Å²) in [6, 6.07) is 43.9. The molecule has 0 radical (unpaired) electrons. The van der Waals surface area contributed by atoms with Gasteiger partial charge in [-0.15, -0.1) is 23.1 Å². The first-order valence-electron chi connectivity index (χ1n) is 42.7. The molecule has 4 amide bonds. The summed E-state index contributed by atoms with van der Waals surface area (Å²) in [4.78, 5) is 168. The highest BCUT2D eigenvalue weighted by molar-refractivity contribution is 8.00. The van der Waals surface area contributed by atoms with Crippen molar-refractivity contribution in [1.29, 1.82) is 0 Å². The van der Waals surface area contributed by atoms with Crippen molar-refractivity contribution in [3.63, 3.8) is 0 Å². The van der Waals surface area contributed by atoms with Gasteiger partial charge in [0, 0.05) is 140 Å². The van der Waals surface area contributed by atoms with Gasteiger partial charge in [0.2, 0.25) is 5.91 Å². The molecule has 5 aliphatic rings. The summed E-state index contributed by atoms with van der Waals surface area (Å²) in [6.45, 7) is 16.1. The van der Waals surface area contributed by atoms with E-state index in [9.17, 15) is 68.2 Å². The van der Waals surface area contributed by atoms with Crippen molar-refractivity contribution in [2.75, 3.05) is 143 Å². The van der Waals surface area contributed by atoms with Gasteiger partial charge in [-0.05, 0) is 143 Å². The van der Waals surface area contributed by atoms with E-state index in [0.717, 1.165) is 51.5 Å². The van der Waals surface area contributed by atoms with Crippen molar-refractivity contribution >= 4 is 159 Å². The number of piperazine rings is 4. The number of furan rings is 2. The second-order valence-corrected chi connectivity index (χ2v) is 35.5. The molecule has 32 nitrogen and oxygen atoms in total. The van der Waals surface area contributed by atoms with Gasteiger partial charge in [-0.1, -0.05) is 92.7 Å².